The summed E-state index contributed by atoms with van der Waals surface area (Å²) in [6, 6.07) is 15.8. The quantitative estimate of drug-likeness (QED) is 0.0508. The zero-order chi connectivity index (χ0) is 42.4. The Labute approximate surface area is 363 Å². The van der Waals surface area contributed by atoms with Gasteiger partial charge in [-0.1, -0.05) is 155 Å². The molecule has 0 aliphatic rings. The minimum absolute atomic E-state index is 0.157. The van der Waals surface area contributed by atoms with Crippen LogP contribution in [-0.4, -0.2) is 74.2 Å². The van der Waals surface area contributed by atoms with Crippen LogP contribution in [0.4, 0.5) is 21.0 Å². The van der Waals surface area contributed by atoms with E-state index in [1.54, 1.807) is 0 Å². The van der Waals surface area contributed by atoms with Crippen molar-refractivity contribution in [3.8, 4) is 0 Å². The van der Waals surface area contributed by atoms with Crippen LogP contribution in [0.3, 0.4) is 0 Å². The molecule has 0 saturated carbocycles. The van der Waals surface area contributed by atoms with Crippen LogP contribution in [0.2, 0.25) is 0 Å². The standard InChI is InChI=1S/C51H90N6O2/c1-5-9-13-17-19-25-39-56(37-23-15-11-7-3)41-27-21-35-52-50(58)54-48-33-29-31-46(44-48)43-47-32-30-34-49(45-47)55-51(59)53-36-22-28-42-57(38-24-16-12-8-4)40-26-20-18-14-10-6-2/h29-34,44-45H,5-28,35-43H2,1-4H3,(H2,52,54,58)(H2,53,55,59). The molecule has 0 radical (unpaired) electrons. The molecule has 0 atom stereocenters. The summed E-state index contributed by atoms with van der Waals surface area (Å²) in [6.45, 7) is 17.5. The summed E-state index contributed by atoms with van der Waals surface area (Å²) in [7, 11) is 0. The van der Waals surface area contributed by atoms with Crippen molar-refractivity contribution in [2.45, 2.75) is 188 Å². The van der Waals surface area contributed by atoms with E-state index in [2.05, 4.69) is 70.9 Å². The first-order valence-corrected chi connectivity index (χ1v) is 24.7. The van der Waals surface area contributed by atoms with E-state index in [9.17, 15) is 9.59 Å². The molecule has 0 spiro atoms. The second-order valence-electron chi connectivity index (χ2n) is 17.1. The van der Waals surface area contributed by atoms with Gasteiger partial charge >= 0.3 is 12.1 Å². The number of hydrogen-bond acceptors (Lipinski definition) is 4. The summed E-state index contributed by atoms with van der Waals surface area (Å²) in [5.74, 6) is 0. The van der Waals surface area contributed by atoms with Crippen LogP contribution in [0.15, 0.2) is 48.5 Å². The van der Waals surface area contributed by atoms with Gasteiger partial charge in [0.25, 0.3) is 0 Å². The van der Waals surface area contributed by atoms with E-state index in [0.717, 1.165) is 61.3 Å². The van der Waals surface area contributed by atoms with E-state index >= 15 is 0 Å². The molecule has 8 heteroatoms. The molecule has 0 aliphatic carbocycles. The molecule has 0 saturated heterocycles. The fraction of sp³-hybridized carbons (Fsp3) is 0.725. The van der Waals surface area contributed by atoms with Gasteiger partial charge in [-0.25, -0.2) is 9.59 Å². The number of rotatable bonds is 38. The van der Waals surface area contributed by atoms with Gasteiger partial charge in [-0.3, -0.25) is 0 Å². The van der Waals surface area contributed by atoms with Gasteiger partial charge in [-0.15, -0.1) is 0 Å². The normalized spacial score (nSPS) is 11.4. The molecule has 0 unspecified atom stereocenters. The highest BCUT2D eigenvalue weighted by Gasteiger charge is 2.09. The smallest absolute Gasteiger partial charge is 0.319 e. The third kappa shape index (κ3) is 28.9. The first kappa shape index (κ1) is 52.0. The van der Waals surface area contributed by atoms with Crippen LogP contribution in [0.25, 0.3) is 0 Å². The van der Waals surface area contributed by atoms with Gasteiger partial charge in [0.1, 0.15) is 0 Å². The number of anilines is 2. The maximum absolute atomic E-state index is 12.8. The Bertz CT molecular complexity index is 1210. The van der Waals surface area contributed by atoms with E-state index in [-0.39, 0.29) is 12.1 Å². The molecule has 0 aromatic heterocycles. The highest BCUT2D eigenvalue weighted by molar-refractivity contribution is 5.90. The van der Waals surface area contributed by atoms with Gasteiger partial charge < -0.3 is 31.1 Å². The monoisotopic (exact) mass is 819 g/mol. The minimum atomic E-state index is -0.157. The predicted octanol–water partition coefficient (Wildman–Crippen LogP) is 13.6. The van der Waals surface area contributed by atoms with Crippen molar-refractivity contribution in [2.24, 2.45) is 0 Å². The number of carbonyl (C=O) groups is 2. The Morgan fingerprint density at radius 3 is 1.07 bits per heavy atom. The van der Waals surface area contributed by atoms with Crippen LogP contribution in [0, 0.1) is 0 Å². The molecule has 0 aliphatic heterocycles. The zero-order valence-electron chi connectivity index (χ0n) is 38.7. The second-order valence-corrected chi connectivity index (χ2v) is 17.1. The van der Waals surface area contributed by atoms with Crippen LogP contribution in [0.1, 0.15) is 193 Å². The summed E-state index contributed by atoms with van der Waals surface area (Å²) in [6.07, 6.45) is 31.4. The molecule has 2 rings (SSSR count). The van der Waals surface area contributed by atoms with E-state index in [0.29, 0.717) is 19.5 Å². The molecule has 0 fully saturated rings. The Balaban J connectivity index is 1.70. The summed E-state index contributed by atoms with van der Waals surface area (Å²) in [5, 5.41) is 12.2. The highest BCUT2D eigenvalue weighted by Crippen LogP contribution is 2.18. The fourth-order valence-electron chi connectivity index (χ4n) is 7.86. The lowest BCUT2D eigenvalue weighted by Gasteiger charge is -2.22. The molecule has 8 nitrogen and oxygen atoms in total. The van der Waals surface area contributed by atoms with Crippen molar-refractivity contribution in [3.05, 3.63) is 59.7 Å². The number of nitrogens with zero attached hydrogens (tertiary/aromatic N) is 2. The van der Waals surface area contributed by atoms with Crippen LogP contribution < -0.4 is 21.3 Å². The molecule has 0 heterocycles. The molecule has 2 aromatic carbocycles. The van der Waals surface area contributed by atoms with Crippen molar-refractivity contribution < 1.29 is 9.59 Å². The highest BCUT2D eigenvalue weighted by atomic mass is 16.2. The lowest BCUT2D eigenvalue weighted by Crippen LogP contribution is -2.31. The topological polar surface area (TPSA) is 88.7 Å². The molecule has 4 amide bonds. The first-order valence-electron chi connectivity index (χ1n) is 24.7. The number of benzene rings is 2. The SMILES string of the molecule is CCCCCCCCN(CCCCCC)CCCCNC(=O)Nc1cccc(Cc2cccc(NC(=O)NCCCCN(CCCCCC)CCCCCCCC)c2)c1. The Morgan fingerprint density at radius 2 is 0.712 bits per heavy atom. The third-order valence-corrected chi connectivity index (χ3v) is 11.5. The lowest BCUT2D eigenvalue weighted by atomic mass is 10.0. The van der Waals surface area contributed by atoms with Crippen LogP contribution in [-0.2, 0) is 6.42 Å². The first-order chi connectivity index (χ1) is 29.0. The van der Waals surface area contributed by atoms with Crippen molar-refractivity contribution >= 4 is 23.4 Å². The van der Waals surface area contributed by atoms with Gasteiger partial charge in [-0.2, -0.15) is 0 Å². The number of urea groups is 2. The number of nitrogens with one attached hydrogen (secondary N) is 4. The Morgan fingerprint density at radius 1 is 0.407 bits per heavy atom. The summed E-state index contributed by atoms with van der Waals surface area (Å²) >= 11 is 0. The van der Waals surface area contributed by atoms with Gasteiger partial charge in [-0.05, 0) is 132 Å². The average molecular weight is 819 g/mol. The van der Waals surface area contributed by atoms with Gasteiger partial charge in [0, 0.05) is 24.5 Å². The number of amides is 4. The molecule has 4 N–H and O–H groups in total. The molecule has 2 aromatic rings. The lowest BCUT2D eigenvalue weighted by molar-refractivity contribution is 0.247. The van der Waals surface area contributed by atoms with E-state index in [1.807, 2.05) is 36.4 Å². The van der Waals surface area contributed by atoms with Gasteiger partial charge in [0.05, 0.1) is 0 Å². The Kier molecular flexibility index (Phi) is 32.4. The van der Waals surface area contributed by atoms with Crippen molar-refractivity contribution in [1.29, 1.82) is 0 Å². The summed E-state index contributed by atoms with van der Waals surface area (Å²) in [5.41, 5.74) is 3.77. The maximum atomic E-state index is 12.8. The van der Waals surface area contributed by atoms with Gasteiger partial charge in [0.15, 0.2) is 0 Å². The predicted molar refractivity (Wildman–Crippen MR) is 256 cm³/mol. The van der Waals surface area contributed by atoms with E-state index in [1.165, 1.54) is 155 Å². The second kappa shape index (κ2) is 36.7. The molecule has 59 heavy (non-hydrogen) atoms. The molecular formula is C51H90N6O2. The van der Waals surface area contributed by atoms with Crippen molar-refractivity contribution in [3.63, 3.8) is 0 Å². The molecule has 336 valence electrons. The number of carbonyl (C=O) groups excluding carboxylic acids is 2. The number of unbranched alkanes of at least 4 members (excludes halogenated alkanes) is 18. The van der Waals surface area contributed by atoms with Crippen LogP contribution in [0.5, 0.6) is 0 Å². The Hall–Kier alpha value is -3.10. The van der Waals surface area contributed by atoms with Gasteiger partial charge in [0.2, 0.25) is 0 Å². The van der Waals surface area contributed by atoms with Crippen molar-refractivity contribution in [2.75, 3.05) is 63.0 Å². The largest absolute Gasteiger partial charge is 0.338 e. The zero-order valence-corrected chi connectivity index (χ0v) is 38.7. The van der Waals surface area contributed by atoms with Crippen molar-refractivity contribution in [1.82, 2.24) is 20.4 Å². The molecular weight excluding hydrogens is 729 g/mol. The summed E-state index contributed by atoms with van der Waals surface area (Å²) in [4.78, 5) is 30.9. The minimum Gasteiger partial charge on any atom is -0.338 e. The van der Waals surface area contributed by atoms with E-state index in [4.69, 9.17) is 0 Å². The molecule has 0 bridgehead atoms. The average Bonchev–Trinajstić information content (AvgIpc) is 3.23. The number of hydrogen-bond donors (Lipinski definition) is 4. The van der Waals surface area contributed by atoms with Crippen LogP contribution >= 0.6 is 0 Å². The maximum Gasteiger partial charge on any atom is 0.319 e. The van der Waals surface area contributed by atoms with E-state index < -0.39 is 0 Å². The summed E-state index contributed by atoms with van der Waals surface area (Å²) < 4.78 is 0. The fourth-order valence-corrected chi connectivity index (χ4v) is 7.86. The third-order valence-electron chi connectivity index (χ3n) is 11.5.